The third kappa shape index (κ3) is 3.87. The van der Waals surface area contributed by atoms with Crippen molar-refractivity contribution in [1.29, 1.82) is 0 Å². The number of carbonyl (C=O) groups is 2. The maximum Gasteiger partial charge on any atom is 0.340 e. The second-order valence-corrected chi connectivity index (χ2v) is 8.94. The van der Waals surface area contributed by atoms with Gasteiger partial charge in [-0.3, -0.25) is 9.69 Å². The molecule has 0 spiro atoms. The van der Waals surface area contributed by atoms with Crippen LogP contribution in [0.1, 0.15) is 40.6 Å². The minimum atomic E-state index is -0.518. The Hall–Kier alpha value is -3.86. The molecule has 0 bridgehead atoms. The van der Waals surface area contributed by atoms with Crippen molar-refractivity contribution in [3.63, 3.8) is 0 Å². The van der Waals surface area contributed by atoms with E-state index in [1.165, 1.54) is 18.2 Å². The molecule has 2 aromatic carbocycles. The molecule has 1 aliphatic rings. The summed E-state index contributed by atoms with van der Waals surface area (Å²) in [6, 6.07) is 16.1. The molecule has 3 aromatic rings. The number of benzene rings is 2. The van der Waals surface area contributed by atoms with E-state index in [0.29, 0.717) is 16.8 Å². The van der Waals surface area contributed by atoms with Gasteiger partial charge in [0.15, 0.2) is 0 Å². The number of aromatic nitrogens is 1. The number of hydrogen-bond acceptors (Lipinski definition) is 3. The van der Waals surface area contributed by atoms with Gasteiger partial charge in [0.1, 0.15) is 0 Å². The molecule has 5 nitrogen and oxygen atoms in total. The Morgan fingerprint density at radius 2 is 1.62 bits per heavy atom. The fourth-order valence-electron chi connectivity index (χ4n) is 4.77. The van der Waals surface area contributed by atoms with Crippen molar-refractivity contribution < 1.29 is 14.3 Å². The van der Waals surface area contributed by atoms with E-state index in [2.05, 4.69) is 42.7 Å². The fourth-order valence-corrected chi connectivity index (χ4v) is 4.77. The van der Waals surface area contributed by atoms with Gasteiger partial charge in [-0.05, 0) is 88.6 Å². The summed E-state index contributed by atoms with van der Waals surface area (Å²) in [6.45, 7) is 12.0. The highest BCUT2D eigenvalue weighted by Gasteiger charge is 2.38. The average Bonchev–Trinajstić information content (AvgIpc) is 3.19. The number of anilines is 1. The van der Waals surface area contributed by atoms with E-state index in [0.717, 1.165) is 33.9 Å². The first kappa shape index (κ1) is 23.3. The predicted octanol–water partition coefficient (Wildman–Crippen LogP) is 5.90. The molecule has 0 radical (unpaired) electrons. The van der Waals surface area contributed by atoms with Crippen molar-refractivity contribution in [3.05, 3.63) is 99.0 Å². The molecule has 1 aliphatic heterocycles. The van der Waals surface area contributed by atoms with E-state index in [1.54, 1.807) is 11.8 Å². The zero-order valence-corrected chi connectivity index (χ0v) is 20.8. The third-order valence-electron chi connectivity index (χ3n) is 6.41. The van der Waals surface area contributed by atoms with Gasteiger partial charge in [-0.15, -0.1) is 0 Å². The lowest BCUT2D eigenvalue weighted by atomic mass is 10.0. The Morgan fingerprint density at radius 1 is 0.912 bits per heavy atom. The molecule has 0 atom stereocenters. The summed E-state index contributed by atoms with van der Waals surface area (Å²) in [7, 11) is 1.34. The quantitative estimate of drug-likeness (QED) is 0.364. The highest BCUT2D eigenvalue weighted by molar-refractivity contribution is 6.23. The Labute approximate surface area is 201 Å². The van der Waals surface area contributed by atoms with Crippen LogP contribution in [0.2, 0.25) is 0 Å². The van der Waals surface area contributed by atoms with Crippen molar-refractivity contribution in [1.82, 2.24) is 4.57 Å². The highest BCUT2D eigenvalue weighted by Crippen LogP contribution is 2.36. The number of hydrogen-bond donors (Lipinski definition) is 0. The molecule has 5 heteroatoms. The van der Waals surface area contributed by atoms with Gasteiger partial charge in [0.2, 0.25) is 0 Å². The maximum absolute atomic E-state index is 13.6. The predicted molar refractivity (Wildman–Crippen MR) is 136 cm³/mol. The molecule has 34 heavy (non-hydrogen) atoms. The molecule has 4 rings (SSSR count). The molecule has 0 saturated heterocycles. The molecule has 0 aliphatic carbocycles. The van der Waals surface area contributed by atoms with Gasteiger partial charge in [-0.2, -0.15) is 0 Å². The number of aryl methyl sites for hydroxylation is 4. The van der Waals surface area contributed by atoms with Crippen LogP contribution in [-0.2, 0) is 14.3 Å². The second kappa shape index (κ2) is 8.82. The number of amides is 1. The Balaban J connectivity index is 1.86. The SMILES string of the molecule is COC(=O)C1=C(C)N(c2cccc(C)c2)C(=O)C1=Cc1cc(C)n(-c2ccc(C)cc2C)c1C. The van der Waals surface area contributed by atoms with E-state index >= 15 is 0 Å². The van der Waals surface area contributed by atoms with Crippen LogP contribution in [0.15, 0.2) is 65.4 Å². The van der Waals surface area contributed by atoms with Crippen LogP contribution in [-0.4, -0.2) is 23.6 Å². The Kier molecular flexibility index (Phi) is 6.05. The third-order valence-corrected chi connectivity index (χ3v) is 6.41. The summed E-state index contributed by atoms with van der Waals surface area (Å²) in [5, 5.41) is 0. The molecule has 0 fully saturated rings. The smallest absolute Gasteiger partial charge is 0.340 e. The summed E-state index contributed by atoms with van der Waals surface area (Å²) < 4.78 is 7.25. The lowest BCUT2D eigenvalue weighted by Gasteiger charge is -2.18. The molecule has 174 valence electrons. The first-order chi connectivity index (χ1) is 16.1. The zero-order chi connectivity index (χ0) is 24.7. The maximum atomic E-state index is 13.6. The summed E-state index contributed by atoms with van der Waals surface area (Å²) >= 11 is 0. The van der Waals surface area contributed by atoms with Gasteiger partial charge in [-0.1, -0.05) is 29.8 Å². The van der Waals surface area contributed by atoms with Crippen molar-refractivity contribution in [2.75, 3.05) is 12.0 Å². The van der Waals surface area contributed by atoms with Gasteiger partial charge in [0, 0.05) is 28.5 Å². The largest absolute Gasteiger partial charge is 0.465 e. The molecule has 1 amide bonds. The lowest BCUT2D eigenvalue weighted by molar-refractivity contribution is -0.136. The molecule has 0 saturated carbocycles. The number of carbonyl (C=O) groups excluding carboxylic acids is 2. The first-order valence-electron chi connectivity index (χ1n) is 11.3. The van der Waals surface area contributed by atoms with Gasteiger partial charge >= 0.3 is 5.97 Å². The highest BCUT2D eigenvalue weighted by atomic mass is 16.5. The van der Waals surface area contributed by atoms with Crippen molar-refractivity contribution in [3.8, 4) is 5.69 Å². The molecule has 1 aromatic heterocycles. The van der Waals surface area contributed by atoms with Crippen LogP contribution in [0.3, 0.4) is 0 Å². The number of esters is 1. The number of ether oxygens (including phenoxy) is 1. The summed E-state index contributed by atoms with van der Waals surface area (Å²) in [5.41, 5.74) is 9.40. The number of rotatable bonds is 4. The summed E-state index contributed by atoms with van der Waals surface area (Å²) in [5.74, 6) is -0.754. The lowest BCUT2D eigenvalue weighted by Crippen LogP contribution is -2.24. The molecular weight excluding hydrogens is 424 g/mol. The van der Waals surface area contributed by atoms with E-state index in [9.17, 15) is 9.59 Å². The molecule has 2 heterocycles. The summed E-state index contributed by atoms with van der Waals surface area (Å²) in [4.78, 5) is 28.0. The minimum absolute atomic E-state index is 0.236. The van der Waals surface area contributed by atoms with Crippen molar-refractivity contribution in [2.24, 2.45) is 0 Å². The van der Waals surface area contributed by atoms with E-state index in [4.69, 9.17) is 4.74 Å². The number of nitrogens with zero attached hydrogens (tertiary/aromatic N) is 2. The minimum Gasteiger partial charge on any atom is -0.465 e. The first-order valence-corrected chi connectivity index (χ1v) is 11.3. The molecule has 0 unspecified atom stereocenters. The van der Waals surface area contributed by atoms with Gasteiger partial charge in [0.25, 0.3) is 5.91 Å². The van der Waals surface area contributed by atoms with Crippen LogP contribution in [0.5, 0.6) is 0 Å². The van der Waals surface area contributed by atoms with Crippen LogP contribution < -0.4 is 4.90 Å². The van der Waals surface area contributed by atoms with E-state index in [1.807, 2.05) is 51.1 Å². The van der Waals surface area contributed by atoms with E-state index in [-0.39, 0.29) is 5.91 Å². The second-order valence-electron chi connectivity index (χ2n) is 8.94. The topological polar surface area (TPSA) is 51.5 Å². The summed E-state index contributed by atoms with van der Waals surface area (Å²) in [6.07, 6.45) is 1.82. The zero-order valence-electron chi connectivity index (χ0n) is 20.8. The van der Waals surface area contributed by atoms with Gasteiger partial charge in [0.05, 0.1) is 18.3 Å². The number of allylic oxidation sites excluding steroid dienone is 1. The van der Waals surface area contributed by atoms with Crippen LogP contribution in [0, 0.1) is 34.6 Å². The normalized spacial score (nSPS) is 15.0. The Bertz CT molecular complexity index is 1390. The van der Waals surface area contributed by atoms with Crippen LogP contribution in [0.4, 0.5) is 5.69 Å². The molecular formula is C29H30N2O3. The average molecular weight is 455 g/mol. The number of methoxy groups -OCH3 is 1. The Morgan fingerprint density at radius 3 is 2.26 bits per heavy atom. The fraction of sp³-hybridized carbons (Fsp3) is 0.241. The van der Waals surface area contributed by atoms with E-state index < -0.39 is 5.97 Å². The van der Waals surface area contributed by atoms with Gasteiger partial charge < -0.3 is 9.30 Å². The molecule has 0 N–H and O–H groups in total. The monoisotopic (exact) mass is 454 g/mol. The van der Waals surface area contributed by atoms with Gasteiger partial charge in [-0.25, -0.2) is 4.79 Å². The van der Waals surface area contributed by atoms with Crippen LogP contribution >= 0.6 is 0 Å². The van der Waals surface area contributed by atoms with Crippen LogP contribution in [0.25, 0.3) is 11.8 Å². The van der Waals surface area contributed by atoms with Crippen molar-refractivity contribution >= 4 is 23.6 Å². The van der Waals surface area contributed by atoms with Crippen molar-refractivity contribution in [2.45, 2.75) is 41.5 Å². The standard InChI is InChI=1S/C29H30N2O3/c1-17-9-8-10-24(14-17)31-22(6)27(29(33)34-7)25(28(31)32)16-23-15-20(4)30(21(23)5)26-12-11-18(2)13-19(26)3/h8-16H,1-7H3.